The van der Waals surface area contributed by atoms with Gasteiger partial charge in [-0.25, -0.2) is 0 Å². The van der Waals surface area contributed by atoms with Crippen molar-refractivity contribution < 1.29 is 18.0 Å². The number of hydrogen-bond acceptors (Lipinski definition) is 0. The molecule has 0 saturated carbocycles. The second-order valence-corrected chi connectivity index (χ2v) is 10.9. The van der Waals surface area contributed by atoms with Gasteiger partial charge in [0.25, 0.3) is 0 Å². The zero-order valence-corrected chi connectivity index (χ0v) is 6.83. The van der Waals surface area contributed by atoms with E-state index in [9.17, 15) is 0 Å². The Labute approximate surface area is 45.8 Å². The van der Waals surface area contributed by atoms with Crippen molar-refractivity contribution in [2.24, 2.45) is 0 Å². The minimum atomic E-state index is -0.333. The Balaban J connectivity index is 2.80. The van der Waals surface area contributed by atoms with Crippen molar-refractivity contribution in [2.45, 2.75) is 0 Å². The molecule has 0 rings (SSSR count). The fourth-order valence-electron chi connectivity index (χ4n) is 0. The summed E-state index contributed by atoms with van der Waals surface area (Å²) in [5.41, 5.74) is 0. The average Bonchev–Trinajstić information content (AvgIpc) is 0.811. The van der Waals surface area contributed by atoms with Gasteiger partial charge in [0.05, 0.1) is 0 Å². The van der Waals surface area contributed by atoms with Gasteiger partial charge in [-0.05, 0) is 0 Å². The second kappa shape index (κ2) is 2.83. The van der Waals surface area contributed by atoms with E-state index in [0.29, 0.717) is 0 Å². The Kier molecular flexibility index (Phi) is 3.98. The molecule has 0 nitrogen and oxygen atoms in total. The molecule has 0 heterocycles. The SMILES string of the molecule is Cl[S](Cl)=[W]. The van der Waals surface area contributed by atoms with Gasteiger partial charge in [0.15, 0.2) is 0 Å². The molecule has 0 aliphatic heterocycles. The monoisotopic (exact) mass is 286 g/mol. The summed E-state index contributed by atoms with van der Waals surface area (Å²) in [5, 5.41) is 0. The number of rotatable bonds is 0. The standard InChI is InChI=1S/Cl2S.W/c1-3-2;. The predicted octanol–water partition coefficient (Wildman–Crippen LogP) is 2.02. The van der Waals surface area contributed by atoms with Crippen molar-refractivity contribution >= 4 is 27.9 Å². The topological polar surface area (TPSA) is 0 Å². The van der Waals surface area contributed by atoms with Gasteiger partial charge in [-0.2, -0.15) is 0 Å². The molecule has 0 bridgehead atoms. The van der Waals surface area contributed by atoms with Gasteiger partial charge in [-0.15, -0.1) is 0 Å². The Morgan fingerprint density at radius 1 is 1.50 bits per heavy atom. The maximum atomic E-state index is 5.10. The van der Waals surface area contributed by atoms with Crippen LogP contribution >= 0.6 is 27.9 Å². The molecule has 0 unspecified atom stereocenters. The van der Waals surface area contributed by atoms with Crippen LogP contribution in [0, 0.1) is 0 Å². The van der Waals surface area contributed by atoms with Crippen LogP contribution in [-0.2, 0) is 18.0 Å². The molecule has 0 aromatic rings. The Hall–Kier alpha value is 1.62. The Morgan fingerprint density at radius 3 is 1.50 bits per heavy atom. The van der Waals surface area contributed by atoms with Crippen LogP contribution in [0.5, 0.6) is 0 Å². The summed E-state index contributed by atoms with van der Waals surface area (Å²) in [4.78, 5) is 0. The summed E-state index contributed by atoms with van der Waals surface area (Å²) in [5.74, 6) is 0. The molecule has 0 atom stereocenters. The Morgan fingerprint density at radius 2 is 1.50 bits per heavy atom. The van der Waals surface area contributed by atoms with E-state index < -0.39 is 0 Å². The molecule has 0 aliphatic rings. The Bertz CT molecular complexity index is 29.0. The van der Waals surface area contributed by atoms with E-state index in [1.165, 1.54) is 18.0 Å². The molecular formula is Cl2SW. The molecule has 0 spiro atoms. The molecule has 0 N–H and O–H groups in total. The fraction of sp³-hybridized carbons (Fsp3) is 0. The summed E-state index contributed by atoms with van der Waals surface area (Å²) in [6.07, 6.45) is 0. The molecule has 0 fully saturated rings. The van der Waals surface area contributed by atoms with Crippen LogP contribution in [-0.4, -0.2) is 0 Å². The van der Waals surface area contributed by atoms with Gasteiger partial charge in [0.2, 0.25) is 0 Å². The van der Waals surface area contributed by atoms with E-state index in [0.717, 1.165) is 0 Å². The third-order valence-corrected chi connectivity index (χ3v) is 0. The maximum absolute atomic E-state index is 5.10. The van der Waals surface area contributed by atoms with Crippen LogP contribution in [0.25, 0.3) is 0 Å². The van der Waals surface area contributed by atoms with Crippen LogP contribution in [0.15, 0.2) is 0 Å². The van der Waals surface area contributed by atoms with E-state index in [1.807, 2.05) is 0 Å². The second-order valence-electron chi connectivity index (χ2n) is 0.184. The number of halogens is 2. The van der Waals surface area contributed by atoms with Crippen LogP contribution in [0.3, 0.4) is 0 Å². The zero-order chi connectivity index (χ0) is 3.58. The summed E-state index contributed by atoms with van der Waals surface area (Å²) in [6, 6.07) is 0. The summed E-state index contributed by atoms with van der Waals surface area (Å²) in [7, 11) is 10.2. The van der Waals surface area contributed by atoms with E-state index in [-0.39, 0.29) is 6.51 Å². The van der Waals surface area contributed by atoms with Crippen molar-refractivity contribution in [2.75, 3.05) is 0 Å². The minimum absolute atomic E-state index is 0.333. The summed E-state index contributed by atoms with van der Waals surface area (Å²) < 4.78 is 0. The van der Waals surface area contributed by atoms with Gasteiger partial charge in [-0.1, -0.05) is 0 Å². The zero-order valence-electron chi connectivity index (χ0n) is 1.57. The average molecular weight is 287 g/mol. The molecule has 0 amide bonds. The first-order valence-electron chi connectivity index (χ1n) is 0.475. The van der Waals surface area contributed by atoms with Crippen LogP contribution in [0.1, 0.15) is 0 Å². The molecule has 0 aromatic carbocycles. The van der Waals surface area contributed by atoms with Crippen LogP contribution < -0.4 is 0 Å². The van der Waals surface area contributed by atoms with E-state index in [2.05, 4.69) is 0 Å². The summed E-state index contributed by atoms with van der Waals surface area (Å²) >= 11 is 1.23. The molecule has 4 heteroatoms. The first-order valence-corrected chi connectivity index (χ1v) is 6.87. The van der Waals surface area contributed by atoms with Gasteiger partial charge >= 0.3 is 45.9 Å². The quantitative estimate of drug-likeness (QED) is 0.639. The molecule has 0 saturated heterocycles. The molecule has 0 aromatic heterocycles. The van der Waals surface area contributed by atoms with E-state index in [4.69, 9.17) is 21.4 Å². The molecular weight excluding hydrogens is 287 g/mol. The van der Waals surface area contributed by atoms with Crippen molar-refractivity contribution in [1.82, 2.24) is 0 Å². The molecule has 26 valence electrons. The van der Waals surface area contributed by atoms with Crippen molar-refractivity contribution in [3.05, 3.63) is 0 Å². The van der Waals surface area contributed by atoms with Gasteiger partial charge in [-0.3, -0.25) is 0 Å². The van der Waals surface area contributed by atoms with Gasteiger partial charge < -0.3 is 0 Å². The van der Waals surface area contributed by atoms with Crippen molar-refractivity contribution in [3.63, 3.8) is 0 Å². The first kappa shape index (κ1) is 5.62. The summed E-state index contributed by atoms with van der Waals surface area (Å²) in [6.45, 7) is -0.333. The predicted molar refractivity (Wildman–Crippen MR) is 19.3 cm³/mol. The van der Waals surface area contributed by atoms with E-state index in [1.54, 1.807) is 0 Å². The van der Waals surface area contributed by atoms with Crippen LogP contribution in [0.2, 0.25) is 0 Å². The van der Waals surface area contributed by atoms with Gasteiger partial charge in [0, 0.05) is 0 Å². The van der Waals surface area contributed by atoms with Crippen molar-refractivity contribution in [1.29, 1.82) is 0 Å². The third kappa shape index (κ3) is 9.47. The molecule has 0 radical (unpaired) electrons. The fourth-order valence-corrected chi connectivity index (χ4v) is 0. The molecule has 0 aliphatic carbocycles. The van der Waals surface area contributed by atoms with E-state index >= 15 is 0 Å². The van der Waals surface area contributed by atoms with Crippen LogP contribution in [0.4, 0.5) is 0 Å². The van der Waals surface area contributed by atoms with Gasteiger partial charge in [0.1, 0.15) is 0 Å². The third-order valence-electron chi connectivity index (χ3n) is 0. The molecule has 4 heavy (non-hydrogen) atoms. The normalized spacial score (nSPS) is 8.75. The number of hydrogen-bond donors (Lipinski definition) is 0. The van der Waals surface area contributed by atoms with Crippen molar-refractivity contribution in [3.8, 4) is 0 Å². The first-order chi connectivity index (χ1) is 1.73.